The Labute approximate surface area is 189 Å². The van der Waals surface area contributed by atoms with Crippen LogP contribution in [0.25, 0.3) is 26.8 Å². The smallest absolute Gasteiger partial charge is 0.337 e. The van der Waals surface area contributed by atoms with Crippen LogP contribution in [0.15, 0.2) is 60.7 Å². The van der Waals surface area contributed by atoms with E-state index in [0.29, 0.717) is 5.56 Å². The standard InChI is InChI=1S/C28H30O2S/c1-27(2,3)31-25-13-14-28(4,5)24-17-21-12-11-20(15-22(21)16-23(24)25)18-7-9-19(10-8-18)26(29)30-6/h7-13,15-17H,14H2,1-6H3. The van der Waals surface area contributed by atoms with Crippen LogP contribution < -0.4 is 0 Å². The molecule has 0 amide bonds. The fourth-order valence-electron chi connectivity index (χ4n) is 4.15. The van der Waals surface area contributed by atoms with Gasteiger partial charge in [-0.3, -0.25) is 0 Å². The molecule has 0 atom stereocenters. The van der Waals surface area contributed by atoms with Crippen molar-refractivity contribution >= 4 is 33.4 Å². The van der Waals surface area contributed by atoms with Gasteiger partial charge in [0.2, 0.25) is 0 Å². The van der Waals surface area contributed by atoms with Crippen LogP contribution in [0.5, 0.6) is 0 Å². The van der Waals surface area contributed by atoms with Crippen LogP contribution in [0.3, 0.4) is 0 Å². The van der Waals surface area contributed by atoms with Crippen LogP contribution in [0.1, 0.15) is 62.5 Å². The first-order valence-corrected chi connectivity index (χ1v) is 11.6. The molecule has 0 fully saturated rings. The Bertz CT molecular complexity index is 1180. The molecule has 0 saturated heterocycles. The molecule has 0 bridgehead atoms. The predicted molar refractivity (Wildman–Crippen MR) is 134 cm³/mol. The van der Waals surface area contributed by atoms with Gasteiger partial charge in [-0.05, 0) is 75.2 Å². The van der Waals surface area contributed by atoms with Crippen molar-refractivity contribution in [2.75, 3.05) is 7.11 Å². The number of carbonyl (C=O) groups excluding carboxylic acids is 1. The fraction of sp³-hybridized carbons (Fsp3) is 0.321. The second kappa shape index (κ2) is 7.87. The van der Waals surface area contributed by atoms with E-state index in [2.05, 4.69) is 71.0 Å². The van der Waals surface area contributed by atoms with E-state index in [1.165, 1.54) is 33.9 Å². The summed E-state index contributed by atoms with van der Waals surface area (Å²) in [5.74, 6) is -0.310. The first-order valence-electron chi connectivity index (χ1n) is 10.7. The molecule has 0 radical (unpaired) electrons. The summed E-state index contributed by atoms with van der Waals surface area (Å²) in [7, 11) is 1.40. The molecular weight excluding hydrogens is 400 g/mol. The van der Waals surface area contributed by atoms with Crippen molar-refractivity contribution in [3.05, 3.63) is 77.4 Å². The van der Waals surface area contributed by atoms with E-state index in [-0.39, 0.29) is 16.1 Å². The highest BCUT2D eigenvalue weighted by Gasteiger charge is 2.30. The lowest BCUT2D eigenvalue weighted by Crippen LogP contribution is -2.22. The Morgan fingerprint density at radius 2 is 1.61 bits per heavy atom. The van der Waals surface area contributed by atoms with Gasteiger partial charge in [-0.1, -0.05) is 65.0 Å². The number of hydrogen-bond acceptors (Lipinski definition) is 3. The molecule has 0 aliphatic heterocycles. The van der Waals surface area contributed by atoms with Crippen molar-refractivity contribution < 1.29 is 9.53 Å². The number of fused-ring (bicyclic) bond motifs is 2. The number of rotatable bonds is 3. The molecule has 160 valence electrons. The van der Waals surface area contributed by atoms with Crippen LogP contribution in [0.4, 0.5) is 0 Å². The monoisotopic (exact) mass is 430 g/mol. The van der Waals surface area contributed by atoms with Gasteiger partial charge in [0.25, 0.3) is 0 Å². The van der Waals surface area contributed by atoms with E-state index >= 15 is 0 Å². The molecule has 2 nitrogen and oxygen atoms in total. The number of thioether (sulfide) groups is 1. The van der Waals surface area contributed by atoms with Crippen LogP contribution in [0.2, 0.25) is 0 Å². The van der Waals surface area contributed by atoms with Gasteiger partial charge in [0.05, 0.1) is 12.7 Å². The molecule has 0 unspecified atom stereocenters. The minimum atomic E-state index is -0.310. The molecule has 3 aromatic rings. The van der Waals surface area contributed by atoms with Crippen molar-refractivity contribution in [1.29, 1.82) is 0 Å². The summed E-state index contributed by atoms with van der Waals surface area (Å²) in [6, 6.07) is 19.0. The highest BCUT2D eigenvalue weighted by Crippen LogP contribution is 2.48. The third kappa shape index (κ3) is 4.43. The van der Waals surface area contributed by atoms with Crippen LogP contribution in [-0.4, -0.2) is 17.8 Å². The molecule has 0 saturated carbocycles. The number of hydrogen-bond donors (Lipinski definition) is 0. The van der Waals surface area contributed by atoms with Crippen LogP contribution in [-0.2, 0) is 10.2 Å². The van der Waals surface area contributed by atoms with Gasteiger partial charge in [-0.2, -0.15) is 0 Å². The summed E-state index contributed by atoms with van der Waals surface area (Å²) in [4.78, 5) is 13.1. The maximum Gasteiger partial charge on any atom is 0.337 e. The van der Waals surface area contributed by atoms with Gasteiger partial charge in [0, 0.05) is 9.65 Å². The lowest BCUT2D eigenvalue weighted by molar-refractivity contribution is 0.0601. The van der Waals surface area contributed by atoms with E-state index in [1.54, 1.807) is 0 Å². The number of ether oxygens (including phenoxy) is 1. The molecule has 0 spiro atoms. The summed E-state index contributed by atoms with van der Waals surface area (Å²) in [5, 5.41) is 2.51. The van der Waals surface area contributed by atoms with Gasteiger partial charge in [0.1, 0.15) is 0 Å². The molecule has 1 aliphatic carbocycles. The quantitative estimate of drug-likeness (QED) is 0.396. The highest BCUT2D eigenvalue weighted by atomic mass is 32.2. The second-order valence-electron chi connectivity index (χ2n) is 9.90. The molecule has 3 heteroatoms. The Morgan fingerprint density at radius 3 is 2.26 bits per heavy atom. The zero-order valence-electron chi connectivity index (χ0n) is 19.2. The molecule has 1 aliphatic rings. The SMILES string of the molecule is COC(=O)c1ccc(-c2ccc3cc4c(cc3c2)C(SC(C)(C)C)=CCC4(C)C)cc1. The van der Waals surface area contributed by atoms with E-state index in [1.807, 2.05) is 36.0 Å². The van der Waals surface area contributed by atoms with E-state index in [9.17, 15) is 4.79 Å². The van der Waals surface area contributed by atoms with Crippen molar-refractivity contribution in [2.45, 2.75) is 51.2 Å². The van der Waals surface area contributed by atoms with Gasteiger partial charge in [-0.25, -0.2) is 4.79 Å². The lowest BCUT2D eigenvalue weighted by atomic mass is 9.75. The van der Waals surface area contributed by atoms with Crippen LogP contribution >= 0.6 is 11.8 Å². The molecule has 0 N–H and O–H groups in total. The van der Waals surface area contributed by atoms with Crippen molar-refractivity contribution in [3.8, 4) is 11.1 Å². The minimum absolute atomic E-state index is 0.133. The minimum Gasteiger partial charge on any atom is -0.465 e. The largest absolute Gasteiger partial charge is 0.465 e. The maximum absolute atomic E-state index is 11.7. The van der Waals surface area contributed by atoms with Gasteiger partial charge in [-0.15, -0.1) is 11.8 Å². The average molecular weight is 431 g/mol. The van der Waals surface area contributed by atoms with Gasteiger partial charge >= 0.3 is 5.97 Å². The summed E-state index contributed by atoms with van der Waals surface area (Å²) in [6.45, 7) is 11.5. The number of esters is 1. The summed E-state index contributed by atoms with van der Waals surface area (Å²) >= 11 is 1.95. The zero-order valence-corrected chi connectivity index (χ0v) is 20.0. The summed E-state index contributed by atoms with van der Waals surface area (Å²) in [6.07, 6.45) is 3.48. The second-order valence-corrected chi connectivity index (χ2v) is 11.8. The zero-order chi connectivity index (χ0) is 22.4. The molecule has 31 heavy (non-hydrogen) atoms. The van der Waals surface area contributed by atoms with Crippen molar-refractivity contribution in [3.63, 3.8) is 0 Å². The summed E-state index contributed by atoms with van der Waals surface area (Å²) < 4.78 is 4.98. The maximum atomic E-state index is 11.7. The molecular formula is C28H30O2S. The topological polar surface area (TPSA) is 26.3 Å². The number of carbonyl (C=O) groups is 1. The summed E-state index contributed by atoms with van der Waals surface area (Å²) in [5.41, 5.74) is 5.73. The van der Waals surface area contributed by atoms with Crippen molar-refractivity contribution in [1.82, 2.24) is 0 Å². The number of allylic oxidation sites excluding steroid dienone is 1. The number of benzene rings is 3. The van der Waals surface area contributed by atoms with E-state index in [0.717, 1.165) is 17.5 Å². The van der Waals surface area contributed by atoms with Crippen LogP contribution in [0, 0.1) is 0 Å². The third-order valence-corrected chi connectivity index (χ3v) is 7.04. The fourth-order valence-corrected chi connectivity index (χ4v) is 5.26. The van der Waals surface area contributed by atoms with Crippen molar-refractivity contribution in [2.24, 2.45) is 0 Å². The van der Waals surface area contributed by atoms with E-state index < -0.39 is 0 Å². The molecule has 4 rings (SSSR count). The molecule has 3 aromatic carbocycles. The highest BCUT2D eigenvalue weighted by molar-refractivity contribution is 8.09. The Balaban J connectivity index is 1.79. The normalized spacial score (nSPS) is 15.4. The Morgan fingerprint density at radius 1 is 0.935 bits per heavy atom. The Kier molecular flexibility index (Phi) is 5.51. The number of methoxy groups -OCH3 is 1. The lowest BCUT2D eigenvalue weighted by Gasteiger charge is -2.34. The third-order valence-electron chi connectivity index (χ3n) is 5.82. The first-order chi connectivity index (χ1) is 14.6. The molecule has 0 heterocycles. The Hall–Kier alpha value is -2.52. The first kappa shape index (κ1) is 21.7. The van der Waals surface area contributed by atoms with E-state index in [4.69, 9.17) is 4.74 Å². The molecule has 0 aromatic heterocycles. The van der Waals surface area contributed by atoms with Gasteiger partial charge in [0.15, 0.2) is 0 Å². The van der Waals surface area contributed by atoms with Gasteiger partial charge < -0.3 is 4.74 Å². The average Bonchev–Trinajstić information content (AvgIpc) is 2.73. The predicted octanol–water partition coefficient (Wildman–Crippen LogP) is 7.85.